The number of halogens is 1. The number of hydrogen-bond donors (Lipinski definition) is 0. The third-order valence-electron chi connectivity index (χ3n) is 5.17. The van der Waals surface area contributed by atoms with Gasteiger partial charge in [-0.1, -0.05) is 48.9 Å². The van der Waals surface area contributed by atoms with E-state index in [4.69, 9.17) is 16.6 Å². The zero-order chi connectivity index (χ0) is 23.3. The van der Waals surface area contributed by atoms with E-state index < -0.39 is 4.92 Å². The Balaban J connectivity index is 1.91. The molecule has 3 rings (SSSR count). The molecule has 0 atom stereocenters. The molecule has 0 aliphatic rings. The number of fused-ring (bicyclic) bond motifs is 1. The molecule has 0 saturated carbocycles. The summed E-state index contributed by atoms with van der Waals surface area (Å²) >= 11 is 7.63. The lowest BCUT2D eigenvalue weighted by Crippen LogP contribution is -2.38. The average molecular weight is 473 g/mol. The highest BCUT2D eigenvalue weighted by Gasteiger charge is 2.19. The SMILES string of the molecule is CCN(CC)CCN(C(=O)/C=C/c1cccc([N+](=O)[O-])c1)c1nc2c(C)cc(Cl)cc2s1. The van der Waals surface area contributed by atoms with Crippen molar-refractivity contribution in [3.05, 3.63) is 68.7 Å². The van der Waals surface area contributed by atoms with Crippen molar-refractivity contribution >= 4 is 56.0 Å². The quantitative estimate of drug-likeness (QED) is 0.231. The molecule has 7 nitrogen and oxygen atoms in total. The number of carbonyl (C=O) groups is 1. The average Bonchev–Trinajstić information content (AvgIpc) is 3.19. The fraction of sp³-hybridized carbons (Fsp3) is 0.304. The Hall–Kier alpha value is -2.81. The third-order valence-corrected chi connectivity index (χ3v) is 6.41. The number of aryl methyl sites for hydroxylation is 1. The molecule has 0 saturated heterocycles. The Kier molecular flexibility index (Phi) is 7.95. The first kappa shape index (κ1) is 23.8. The number of nitrogens with zero attached hydrogens (tertiary/aromatic N) is 4. The van der Waals surface area contributed by atoms with Crippen molar-refractivity contribution in [2.75, 3.05) is 31.1 Å². The molecule has 0 radical (unpaired) electrons. The monoisotopic (exact) mass is 472 g/mol. The molecule has 32 heavy (non-hydrogen) atoms. The minimum atomic E-state index is -0.454. The van der Waals surface area contributed by atoms with Crippen molar-refractivity contribution in [3.8, 4) is 0 Å². The number of non-ortho nitro benzene ring substituents is 1. The molecule has 0 unspecified atom stereocenters. The van der Waals surface area contributed by atoms with E-state index in [1.165, 1.54) is 29.5 Å². The van der Waals surface area contributed by atoms with Gasteiger partial charge in [-0.05, 0) is 49.3 Å². The van der Waals surface area contributed by atoms with E-state index in [9.17, 15) is 14.9 Å². The highest BCUT2D eigenvalue weighted by molar-refractivity contribution is 7.22. The first-order chi connectivity index (χ1) is 15.3. The lowest BCUT2D eigenvalue weighted by Gasteiger charge is -2.23. The number of amides is 1. The van der Waals surface area contributed by atoms with Gasteiger partial charge < -0.3 is 4.90 Å². The summed E-state index contributed by atoms with van der Waals surface area (Å²) in [6.45, 7) is 9.07. The van der Waals surface area contributed by atoms with Crippen LogP contribution in [0, 0.1) is 17.0 Å². The highest BCUT2D eigenvalue weighted by Crippen LogP contribution is 2.33. The second-order valence-electron chi connectivity index (χ2n) is 7.27. The van der Waals surface area contributed by atoms with E-state index in [0.717, 1.165) is 28.9 Å². The van der Waals surface area contributed by atoms with Gasteiger partial charge in [0.05, 0.1) is 15.1 Å². The van der Waals surface area contributed by atoms with Crippen LogP contribution in [0.15, 0.2) is 42.5 Å². The molecule has 9 heteroatoms. The number of hydrogen-bond acceptors (Lipinski definition) is 6. The van der Waals surface area contributed by atoms with Gasteiger partial charge in [-0.2, -0.15) is 0 Å². The first-order valence-corrected chi connectivity index (χ1v) is 11.5. The van der Waals surface area contributed by atoms with Crippen molar-refractivity contribution in [2.45, 2.75) is 20.8 Å². The summed E-state index contributed by atoms with van der Waals surface area (Å²) in [5.41, 5.74) is 2.36. The highest BCUT2D eigenvalue weighted by atomic mass is 35.5. The summed E-state index contributed by atoms with van der Waals surface area (Å²) in [5.74, 6) is -0.230. The zero-order valence-corrected chi connectivity index (χ0v) is 19.8. The van der Waals surface area contributed by atoms with Gasteiger partial charge in [0, 0.05) is 36.3 Å². The van der Waals surface area contributed by atoms with Gasteiger partial charge in [0.25, 0.3) is 11.6 Å². The normalized spacial score (nSPS) is 11.5. The number of nitro groups is 1. The van der Waals surface area contributed by atoms with Crippen LogP contribution in [-0.4, -0.2) is 46.9 Å². The zero-order valence-electron chi connectivity index (χ0n) is 18.2. The lowest BCUT2D eigenvalue weighted by molar-refractivity contribution is -0.384. The fourth-order valence-corrected chi connectivity index (χ4v) is 4.79. The Morgan fingerprint density at radius 2 is 1.97 bits per heavy atom. The van der Waals surface area contributed by atoms with Crippen LogP contribution in [-0.2, 0) is 4.79 Å². The van der Waals surface area contributed by atoms with Gasteiger partial charge in [0.2, 0.25) is 0 Å². The van der Waals surface area contributed by atoms with E-state index in [-0.39, 0.29) is 11.6 Å². The summed E-state index contributed by atoms with van der Waals surface area (Å²) in [4.78, 5) is 32.4. The van der Waals surface area contributed by atoms with Crippen LogP contribution in [0.1, 0.15) is 25.0 Å². The number of carbonyl (C=O) groups excluding carboxylic acids is 1. The van der Waals surface area contributed by atoms with Crippen molar-refractivity contribution in [3.63, 3.8) is 0 Å². The van der Waals surface area contributed by atoms with Crippen LogP contribution in [0.4, 0.5) is 10.8 Å². The molecule has 0 aliphatic carbocycles. The fourth-order valence-electron chi connectivity index (χ4n) is 3.34. The van der Waals surface area contributed by atoms with Gasteiger partial charge >= 0.3 is 0 Å². The Labute approximate surface area is 196 Å². The van der Waals surface area contributed by atoms with E-state index in [1.54, 1.807) is 23.1 Å². The van der Waals surface area contributed by atoms with Crippen LogP contribution < -0.4 is 4.90 Å². The summed E-state index contributed by atoms with van der Waals surface area (Å²) in [6.07, 6.45) is 3.03. The maximum atomic E-state index is 13.2. The number of aromatic nitrogens is 1. The topological polar surface area (TPSA) is 79.6 Å². The van der Waals surface area contributed by atoms with E-state index in [1.807, 2.05) is 19.1 Å². The predicted octanol–water partition coefficient (Wildman–Crippen LogP) is 5.55. The number of thiazole rings is 1. The third kappa shape index (κ3) is 5.70. The van der Waals surface area contributed by atoms with Gasteiger partial charge in [-0.3, -0.25) is 19.8 Å². The number of rotatable bonds is 9. The molecular formula is C23H25ClN4O3S. The molecule has 3 aromatic rings. The van der Waals surface area contributed by atoms with E-state index in [0.29, 0.717) is 28.8 Å². The van der Waals surface area contributed by atoms with Crippen molar-refractivity contribution in [2.24, 2.45) is 0 Å². The molecular weight excluding hydrogens is 448 g/mol. The van der Waals surface area contributed by atoms with Crippen LogP contribution in [0.5, 0.6) is 0 Å². The summed E-state index contributed by atoms with van der Waals surface area (Å²) in [5, 5.41) is 12.3. The molecule has 0 spiro atoms. The largest absolute Gasteiger partial charge is 0.302 e. The van der Waals surface area contributed by atoms with Crippen LogP contribution in [0.2, 0.25) is 5.02 Å². The minimum Gasteiger partial charge on any atom is -0.302 e. The molecule has 0 bridgehead atoms. The van der Waals surface area contributed by atoms with E-state index >= 15 is 0 Å². The van der Waals surface area contributed by atoms with Crippen LogP contribution >= 0.6 is 22.9 Å². The first-order valence-electron chi connectivity index (χ1n) is 10.4. The van der Waals surface area contributed by atoms with Gasteiger partial charge in [-0.25, -0.2) is 4.98 Å². The van der Waals surface area contributed by atoms with Gasteiger partial charge in [0.15, 0.2) is 5.13 Å². The van der Waals surface area contributed by atoms with Gasteiger partial charge in [0.1, 0.15) is 0 Å². The number of benzene rings is 2. The maximum Gasteiger partial charge on any atom is 0.270 e. The Bertz CT molecular complexity index is 1160. The van der Waals surface area contributed by atoms with Crippen molar-refractivity contribution in [1.29, 1.82) is 0 Å². The summed E-state index contributed by atoms with van der Waals surface area (Å²) < 4.78 is 0.924. The molecule has 2 aromatic carbocycles. The van der Waals surface area contributed by atoms with Crippen molar-refractivity contribution < 1.29 is 9.72 Å². The minimum absolute atomic E-state index is 0.0171. The number of anilines is 1. The maximum absolute atomic E-state index is 13.2. The Morgan fingerprint density at radius 3 is 2.66 bits per heavy atom. The standard InChI is InChI=1S/C23H25ClN4O3S/c1-4-26(5-2)11-12-27(23-25-22-16(3)13-18(24)15-20(22)32-23)21(29)10-9-17-7-6-8-19(14-17)28(30)31/h6-10,13-15H,4-5,11-12H2,1-3H3/b10-9+. The summed E-state index contributed by atoms with van der Waals surface area (Å²) in [6, 6.07) is 9.90. The lowest BCUT2D eigenvalue weighted by atomic mass is 10.2. The van der Waals surface area contributed by atoms with Crippen LogP contribution in [0.3, 0.4) is 0 Å². The summed E-state index contributed by atoms with van der Waals surface area (Å²) in [7, 11) is 0. The smallest absolute Gasteiger partial charge is 0.270 e. The van der Waals surface area contributed by atoms with Crippen molar-refractivity contribution in [1.82, 2.24) is 9.88 Å². The molecule has 168 valence electrons. The molecule has 0 aliphatic heterocycles. The molecule has 0 N–H and O–H groups in total. The van der Waals surface area contributed by atoms with Crippen LogP contribution in [0.25, 0.3) is 16.3 Å². The molecule has 1 amide bonds. The van der Waals surface area contributed by atoms with Gasteiger partial charge in [-0.15, -0.1) is 0 Å². The second kappa shape index (κ2) is 10.7. The second-order valence-corrected chi connectivity index (χ2v) is 8.71. The number of nitro benzene ring substituents is 1. The number of likely N-dealkylation sites (N-methyl/N-ethyl adjacent to an activating group) is 1. The predicted molar refractivity (Wildman–Crippen MR) is 132 cm³/mol. The molecule has 1 heterocycles. The Morgan fingerprint density at radius 1 is 1.22 bits per heavy atom. The molecule has 0 fully saturated rings. The van der Waals surface area contributed by atoms with E-state index in [2.05, 4.69) is 18.7 Å². The molecule has 1 aromatic heterocycles.